The molecule has 7 heteroatoms. The molecule has 0 radical (unpaired) electrons. The Labute approximate surface area is 462 Å². The van der Waals surface area contributed by atoms with E-state index in [2.05, 4.69) is 303 Å². The first-order valence-corrected chi connectivity index (χ1v) is 32.6. The molecule has 1 aliphatic rings. The molecule has 0 spiro atoms. The number of rotatable bonds is 16. The average molecular weight is 1130 g/mol. The summed E-state index contributed by atoms with van der Waals surface area (Å²) < 4.78 is 4.94. The van der Waals surface area contributed by atoms with Crippen LogP contribution in [0.5, 0.6) is 0 Å². The summed E-state index contributed by atoms with van der Waals surface area (Å²) in [7, 11) is -4.35. The topological polar surface area (TPSA) is 9.23 Å². The van der Waals surface area contributed by atoms with Gasteiger partial charge in [0.25, 0.3) is 0 Å². The van der Waals surface area contributed by atoms with E-state index in [4.69, 9.17) is 4.74 Å². The molecule has 1 aliphatic heterocycles. The van der Waals surface area contributed by atoms with E-state index in [0.717, 1.165) is 13.2 Å². The van der Waals surface area contributed by atoms with Gasteiger partial charge < -0.3 is 4.74 Å². The van der Waals surface area contributed by atoms with Crippen LogP contribution in [0.3, 0.4) is 0 Å². The summed E-state index contributed by atoms with van der Waals surface area (Å²) in [5.41, 5.74) is 1.54. The Balaban J connectivity index is 0.000000239. The van der Waals surface area contributed by atoms with Crippen LogP contribution in [0.2, 0.25) is 0 Å². The summed E-state index contributed by atoms with van der Waals surface area (Å²) in [6.45, 7) is 2.00. The van der Waals surface area contributed by atoms with Crippen molar-refractivity contribution in [2.24, 2.45) is 0 Å². The number of hydrogen-bond donors (Lipinski definition) is 0. The third kappa shape index (κ3) is 15.4. The van der Waals surface area contributed by atoms with E-state index >= 15 is 0 Å². The van der Waals surface area contributed by atoms with Crippen LogP contribution in [0.1, 0.15) is 12.8 Å². The molecule has 372 valence electrons. The van der Waals surface area contributed by atoms with Crippen LogP contribution in [0.25, 0.3) is 0 Å². The second-order valence-corrected chi connectivity index (χ2v) is 29.0. The van der Waals surface area contributed by atoms with Crippen LogP contribution >= 0.6 is 31.7 Å². The van der Waals surface area contributed by atoms with Gasteiger partial charge in [0.1, 0.15) is 22.1 Å². The molecule has 1 fully saturated rings. The van der Waals surface area contributed by atoms with Gasteiger partial charge in [-0.2, -0.15) is 5.46 Å². The zero-order valence-electron chi connectivity index (χ0n) is 42.1. The minimum Gasteiger partial charge on any atom is -0.381 e. The van der Waals surface area contributed by atoms with Gasteiger partial charge >= 0.3 is 22.4 Å². The quantitative estimate of drug-likeness (QED) is 0.0692. The van der Waals surface area contributed by atoms with Crippen LogP contribution < -0.4 is 53.2 Å². The summed E-state index contributed by atoms with van der Waals surface area (Å²) in [5.74, 6) is 0. The largest absolute Gasteiger partial charge is 1.00 e. The molecule has 10 aromatic rings. The van der Waals surface area contributed by atoms with E-state index in [1.807, 2.05) is 0 Å². The average Bonchev–Trinajstić information content (AvgIpc) is 4.09. The van der Waals surface area contributed by atoms with E-state index in [1.165, 1.54) is 78.8 Å². The van der Waals surface area contributed by atoms with E-state index in [1.54, 1.807) is 5.46 Å². The predicted molar refractivity (Wildman–Crippen MR) is 334 cm³/mol. The minimum absolute atomic E-state index is 0. The summed E-state index contributed by atoms with van der Waals surface area (Å²) in [4.78, 5) is 0. The van der Waals surface area contributed by atoms with Crippen LogP contribution in [-0.2, 0) is 27.1 Å². The van der Waals surface area contributed by atoms with Crippen LogP contribution in [0, 0.1) is 0 Å². The van der Waals surface area contributed by atoms with Gasteiger partial charge in [-0.3, -0.25) is 0 Å². The minimum atomic E-state index is -1.16. The molecule has 0 saturated carbocycles. The fraction of sp³-hybridized carbons (Fsp3) is 0.104. The second-order valence-electron chi connectivity index (χ2n) is 18.9. The third-order valence-electron chi connectivity index (χ3n) is 14.0. The Hall–Kier alpha value is -5.31. The molecule has 1 nitrogen and oxygen atoms in total. The van der Waals surface area contributed by atoms with Crippen LogP contribution in [0.15, 0.2) is 303 Å². The predicted octanol–water partition coefficient (Wildman–Crippen LogP) is 11.5. The molecule has 1 saturated heterocycles. The maximum absolute atomic E-state index is 4.94. The van der Waals surface area contributed by atoms with Crippen LogP contribution in [0.4, 0.5) is 0 Å². The summed E-state index contributed by atoms with van der Waals surface area (Å²) in [6, 6.07) is 116. The fourth-order valence-electron chi connectivity index (χ4n) is 10.5. The molecule has 11 rings (SSSR count). The number of hydrogen-bond acceptors (Lipinski definition) is 1. The summed E-state index contributed by atoms with van der Waals surface area (Å²) >= 11 is 0. The maximum Gasteiger partial charge on any atom is 1.00 e. The first-order chi connectivity index (χ1) is 36.2. The van der Waals surface area contributed by atoms with Gasteiger partial charge in [-0.05, 0) is 140 Å². The Morgan fingerprint density at radius 1 is 0.257 bits per heavy atom. The first kappa shape index (κ1) is 54.9. The normalized spacial score (nSPS) is 12.1. The molecule has 0 bridgehead atoms. The third-order valence-corrected chi connectivity index (χ3v) is 26.5. The van der Waals surface area contributed by atoms with Crippen molar-refractivity contribution in [1.82, 2.24) is 0 Å². The number of ether oxygens (including phenoxy) is 1. The summed E-state index contributed by atoms with van der Waals surface area (Å²) in [6.07, 6.45) is 1.47. The van der Waals surface area contributed by atoms with Gasteiger partial charge in [-0.25, -0.2) is 0 Å². The van der Waals surface area contributed by atoms with Crippen molar-refractivity contribution in [2.75, 3.05) is 31.4 Å². The van der Waals surface area contributed by atoms with Gasteiger partial charge in [0.2, 0.25) is 0 Å². The first-order valence-electron chi connectivity index (χ1n) is 26.0. The molecular weight excluding hydrogens is 1060 g/mol. The molecule has 0 unspecified atom stereocenters. The van der Waals surface area contributed by atoms with E-state index < -0.39 is 37.8 Å². The molecule has 1 heterocycles. The maximum atomic E-state index is 4.94. The molecule has 0 atom stereocenters. The molecular formula is C67H68AgBOP4+4. The zero-order valence-corrected chi connectivity index (χ0v) is 47.6. The standard InChI is InChI=1S/C45H41BP3.C18H15P.C4H8O.Ag/c1-8-22-39(23-9-1)46(36-47(40-24-10-2-11-25-40)41-26-12-3-13-27-41,37-48(42-28-14-4-15-29-42)43-30-16-5-17-31-43)38-49(44-32-18-6-19-33-44)45-34-20-7-21-35-45;1-4-10-16(11-5-1)19(17-12-6-2-7-13-17)18-14-8-3-9-15-18;1-2-4-5-3-1;/h1-35H,36-38H2;1-15H;1-4H2;/q-1;;;+1/p+4. The van der Waals surface area contributed by atoms with Crippen molar-refractivity contribution in [3.8, 4) is 0 Å². The van der Waals surface area contributed by atoms with Gasteiger partial charge in [-0.15, -0.1) is 0 Å². The second kappa shape index (κ2) is 29.7. The van der Waals surface area contributed by atoms with Gasteiger partial charge in [-0.1, -0.05) is 194 Å². The molecule has 0 aliphatic carbocycles. The molecule has 0 amide bonds. The van der Waals surface area contributed by atoms with Gasteiger partial charge in [0.05, 0.1) is 39.7 Å². The van der Waals surface area contributed by atoms with Crippen molar-refractivity contribution in [2.45, 2.75) is 12.8 Å². The Morgan fingerprint density at radius 2 is 0.446 bits per heavy atom. The van der Waals surface area contributed by atoms with Crippen molar-refractivity contribution in [3.63, 3.8) is 0 Å². The van der Waals surface area contributed by atoms with E-state index in [-0.39, 0.29) is 22.4 Å². The SMILES string of the molecule is C1CCOC1.[Ag+].c1ccc([PH+](C[B-](C[PH+](c2ccccc2)c2ccccc2)(C[PH+](c2ccccc2)c2ccccc2)c2ccccc2)c2ccccc2)cc1.c1ccc([PH+](c2ccccc2)c2ccccc2)cc1. The van der Waals surface area contributed by atoms with Crippen LogP contribution in [-0.4, -0.2) is 37.5 Å². The van der Waals surface area contributed by atoms with Crippen molar-refractivity contribution in [1.29, 1.82) is 0 Å². The van der Waals surface area contributed by atoms with Crippen molar-refractivity contribution in [3.05, 3.63) is 303 Å². The Bertz CT molecular complexity index is 2630. The van der Waals surface area contributed by atoms with Crippen molar-refractivity contribution >= 4 is 91.0 Å². The number of benzene rings is 10. The van der Waals surface area contributed by atoms with Gasteiger partial charge in [0.15, 0.2) is 0 Å². The van der Waals surface area contributed by atoms with Crippen molar-refractivity contribution < 1.29 is 27.1 Å². The molecule has 0 aromatic heterocycles. The molecule has 10 aromatic carbocycles. The van der Waals surface area contributed by atoms with E-state index in [0.29, 0.717) is 0 Å². The Morgan fingerprint density at radius 3 is 0.635 bits per heavy atom. The zero-order chi connectivity index (χ0) is 49.6. The Kier molecular flexibility index (Phi) is 22.0. The molecule has 74 heavy (non-hydrogen) atoms. The van der Waals surface area contributed by atoms with Gasteiger partial charge in [0, 0.05) is 37.0 Å². The smallest absolute Gasteiger partial charge is 0.381 e. The monoisotopic (exact) mass is 1130 g/mol. The fourth-order valence-corrected chi connectivity index (χ4v) is 23.8. The molecule has 0 N–H and O–H groups in total. The van der Waals surface area contributed by atoms with E-state index in [9.17, 15) is 0 Å². The summed E-state index contributed by atoms with van der Waals surface area (Å²) in [5, 5.41) is 13.3.